The molecule has 0 saturated heterocycles. The van der Waals surface area contributed by atoms with Crippen LogP contribution in [0, 0.1) is 5.82 Å². The first kappa shape index (κ1) is 14.1. The standard InChI is InChI=1S/C16H10Cl2FNO/c17-12-2-3-13-11(9-21)8-20(16(13)6-12)7-10-1-4-15(19)14(18)5-10/h1-6,8-9H,7H2. The number of hydrogen-bond donors (Lipinski definition) is 0. The average Bonchev–Trinajstić information content (AvgIpc) is 2.80. The van der Waals surface area contributed by atoms with E-state index in [1.165, 1.54) is 6.07 Å². The Bertz CT molecular complexity index is 842. The average molecular weight is 322 g/mol. The lowest BCUT2D eigenvalue weighted by Crippen LogP contribution is -1.98. The molecule has 0 spiro atoms. The third-order valence-corrected chi connectivity index (χ3v) is 3.86. The van der Waals surface area contributed by atoms with Gasteiger partial charge in [0, 0.05) is 28.7 Å². The molecule has 0 bridgehead atoms. The summed E-state index contributed by atoms with van der Waals surface area (Å²) in [4.78, 5) is 11.2. The molecule has 0 N–H and O–H groups in total. The fraction of sp³-hybridized carbons (Fsp3) is 0.0625. The maximum absolute atomic E-state index is 13.2. The summed E-state index contributed by atoms with van der Waals surface area (Å²) in [5, 5.41) is 1.51. The fourth-order valence-corrected chi connectivity index (χ4v) is 2.72. The molecule has 0 radical (unpaired) electrons. The Hall–Kier alpha value is -1.84. The van der Waals surface area contributed by atoms with Crippen molar-refractivity contribution in [1.29, 1.82) is 0 Å². The largest absolute Gasteiger partial charge is 0.342 e. The summed E-state index contributed by atoms with van der Waals surface area (Å²) in [7, 11) is 0. The van der Waals surface area contributed by atoms with Crippen LogP contribution >= 0.6 is 23.2 Å². The molecule has 0 aliphatic carbocycles. The zero-order valence-electron chi connectivity index (χ0n) is 10.8. The molecule has 0 unspecified atom stereocenters. The van der Waals surface area contributed by atoms with Crippen LogP contribution in [-0.4, -0.2) is 10.9 Å². The van der Waals surface area contributed by atoms with Crippen molar-refractivity contribution in [2.75, 3.05) is 0 Å². The molecule has 2 aromatic carbocycles. The molecule has 0 aliphatic rings. The molecule has 3 aromatic rings. The minimum atomic E-state index is -0.450. The topological polar surface area (TPSA) is 22.0 Å². The van der Waals surface area contributed by atoms with Crippen molar-refractivity contribution in [3.05, 3.63) is 69.6 Å². The number of rotatable bonds is 3. The molecule has 1 heterocycles. The van der Waals surface area contributed by atoms with Crippen molar-refractivity contribution in [2.45, 2.75) is 6.54 Å². The Balaban J connectivity index is 2.09. The van der Waals surface area contributed by atoms with Gasteiger partial charge >= 0.3 is 0 Å². The molecule has 21 heavy (non-hydrogen) atoms. The third kappa shape index (κ3) is 2.67. The first-order valence-corrected chi connectivity index (χ1v) is 7.01. The molecule has 0 atom stereocenters. The predicted molar refractivity (Wildman–Crippen MR) is 82.8 cm³/mol. The summed E-state index contributed by atoms with van der Waals surface area (Å²) in [5.41, 5.74) is 2.29. The van der Waals surface area contributed by atoms with Crippen LogP contribution in [0.4, 0.5) is 4.39 Å². The van der Waals surface area contributed by atoms with E-state index in [0.717, 1.165) is 22.8 Å². The number of benzene rings is 2. The Morgan fingerprint density at radius 2 is 1.95 bits per heavy atom. The predicted octanol–water partition coefficient (Wildman–Crippen LogP) is 4.95. The SMILES string of the molecule is O=Cc1cn(Cc2ccc(F)c(Cl)c2)c2cc(Cl)ccc12. The Morgan fingerprint density at radius 3 is 2.67 bits per heavy atom. The summed E-state index contributed by atoms with van der Waals surface area (Å²) in [6.45, 7) is 0.477. The van der Waals surface area contributed by atoms with Crippen LogP contribution in [0.2, 0.25) is 10.0 Å². The van der Waals surface area contributed by atoms with E-state index >= 15 is 0 Å². The van der Waals surface area contributed by atoms with Gasteiger partial charge in [0.25, 0.3) is 0 Å². The van der Waals surface area contributed by atoms with E-state index in [2.05, 4.69) is 0 Å². The van der Waals surface area contributed by atoms with Crippen LogP contribution < -0.4 is 0 Å². The van der Waals surface area contributed by atoms with E-state index in [9.17, 15) is 9.18 Å². The molecule has 0 fully saturated rings. The highest BCUT2D eigenvalue weighted by Crippen LogP contribution is 2.25. The van der Waals surface area contributed by atoms with Crippen molar-refractivity contribution >= 4 is 40.4 Å². The number of halogens is 3. The van der Waals surface area contributed by atoms with Gasteiger partial charge in [-0.25, -0.2) is 4.39 Å². The normalized spacial score (nSPS) is 11.0. The van der Waals surface area contributed by atoms with Gasteiger partial charge < -0.3 is 4.57 Å². The molecule has 3 rings (SSSR count). The van der Waals surface area contributed by atoms with Gasteiger partial charge in [-0.2, -0.15) is 0 Å². The number of aldehydes is 1. The molecule has 1 aromatic heterocycles. The van der Waals surface area contributed by atoms with Crippen molar-refractivity contribution < 1.29 is 9.18 Å². The number of hydrogen-bond acceptors (Lipinski definition) is 1. The Labute approximate surface area is 130 Å². The number of fused-ring (bicyclic) bond motifs is 1. The van der Waals surface area contributed by atoms with Crippen LogP contribution in [0.1, 0.15) is 15.9 Å². The smallest absolute Gasteiger partial charge is 0.152 e. The maximum Gasteiger partial charge on any atom is 0.152 e. The summed E-state index contributed by atoms with van der Waals surface area (Å²) in [5.74, 6) is -0.450. The first-order chi connectivity index (χ1) is 10.1. The lowest BCUT2D eigenvalue weighted by Gasteiger charge is -2.07. The minimum Gasteiger partial charge on any atom is -0.342 e. The van der Waals surface area contributed by atoms with E-state index in [0.29, 0.717) is 17.1 Å². The Kier molecular flexibility index (Phi) is 3.70. The lowest BCUT2D eigenvalue weighted by atomic mass is 10.2. The summed E-state index contributed by atoms with van der Waals surface area (Å²) >= 11 is 11.8. The van der Waals surface area contributed by atoms with Crippen molar-refractivity contribution in [1.82, 2.24) is 4.57 Å². The highest BCUT2D eigenvalue weighted by atomic mass is 35.5. The molecule has 5 heteroatoms. The lowest BCUT2D eigenvalue weighted by molar-refractivity contribution is 0.112. The van der Waals surface area contributed by atoms with Crippen LogP contribution in [0.3, 0.4) is 0 Å². The van der Waals surface area contributed by atoms with Crippen molar-refractivity contribution in [3.63, 3.8) is 0 Å². The molecule has 0 saturated carbocycles. The second kappa shape index (κ2) is 5.51. The second-order valence-electron chi connectivity index (χ2n) is 4.74. The summed E-state index contributed by atoms with van der Waals surface area (Å²) in [6, 6.07) is 9.93. The van der Waals surface area contributed by atoms with Gasteiger partial charge in [-0.1, -0.05) is 35.3 Å². The van der Waals surface area contributed by atoms with E-state index < -0.39 is 5.82 Å². The number of carbonyl (C=O) groups excluding carboxylic acids is 1. The second-order valence-corrected chi connectivity index (χ2v) is 5.58. The first-order valence-electron chi connectivity index (χ1n) is 6.26. The summed E-state index contributed by atoms with van der Waals surface area (Å²) < 4.78 is 15.1. The number of nitrogens with zero attached hydrogens (tertiary/aromatic N) is 1. The van der Waals surface area contributed by atoms with Crippen LogP contribution in [0.15, 0.2) is 42.6 Å². The minimum absolute atomic E-state index is 0.0811. The zero-order valence-corrected chi connectivity index (χ0v) is 12.3. The number of carbonyl (C=O) groups is 1. The number of aromatic nitrogens is 1. The highest BCUT2D eigenvalue weighted by molar-refractivity contribution is 6.31. The van der Waals surface area contributed by atoms with Crippen molar-refractivity contribution in [3.8, 4) is 0 Å². The van der Waals surface area contributed by atoms with E-state index in [1.54, 1.807) is 30.5 Å². The van der Waals surface area contributed by atoms with E-state index in [4.69, 9.17) is 23.2 Å². The van der Waals surface area contributed by atoms with Gasteiger partial charge in [-0.3, -0.25) is 4.79 Å². The molecule has 106 valence electrons. The summed E-state index contributed by atoms with van der Waals surface area (Å²) in [6.07, 6.45) is 2.57. The van der Waals surface area contributed by atoms with Gasteiger partial charge in [0.2, 0.25) is 0 Å². The molecular formula is C16H10Cl2FNO. The van der Waals surface area contributed by atoms with Gasteiger partial charge in [0.05, 0.1) is 10.5 Å². The van der Waals surface area contributed by atoms with Crippen LogP contribution in [0.5, 0.6) is 0 Å². The van der Waals surface area contributed by atoms with Gasteiger partial charge in [-0.05, 0) is 29.8 Å². The van der Waals surface area contributed by atoms with Crippen LogP contribution in [0.25, 0.3) is 10.9 Å². The van der Waals surface area contributed by atoms with Gasteiger partial charge in [0.1, 0.15) is 5.82 Å². The zero-order chi connectivity index (χ0) is 15.0. The molecular weight excluding hydrogens is 312 g/mol. The molecule has 0 aliphatic heterocycles. The third-order valence-electron chi connectivity index (χ3n) is 3.34. The molecule has 0 amide bonds. The molecule has 2 nitrogen and oxygen atoms in total. The van der Waals surface area contributed by atoms with Crippen molar-refractivity contribution in [2.24, 2.45) is 0 Å². The van der Waals surface area contributed by atoms with Gasteiger partial charge in [0.15, 0.2) is 6.29 Å². The maximum atomic E-state index is 13.2. The monoisotopic (exact) mass is 321 g/mol. The fourth-order valence-electron chi connectivity index (χ4n) is 2.35. The van der Waals surface area contributed by atoms with Crippen LogP contribution in [-0.2, 0) is 6.54 Å². The quantitative estimate of drug-likeness (QED) is 0.626. The van der Waals surface area contributed by atoms with Gasteiger partial charge in [-0.15, -0.1) is 0 Å². The van der Waals surface area contributed by atoms with E-state index in [1.807, 2.05) is 10.6 Å². The highest BCUT2D eigenvalue weighted by Gasteiger charge is 2.10. The Morgan fingerprint density at radius 1 is 1.14 bits per heavy atom. The van der Waals surface area contributed by atoms with E-state index in [-0.39, 0.29) is 5.02 Å².